The fourth-order valence-corrected chi connectivity index (χ4v) is 6.89. The molecule has 0 aromatic carbocycles. The van der Waals surface area contributed by atoms with Crippen molar-refractivity contribution >= 4 is 0 Å². The molecule has 23 heavy (non-hydrogen) atoms. The Morgan fingerprint density at radius 1 is 1.17 bits per heavy atom. The Labute approximate surface area is 141 Å². The molecule has 0 aromatic heterocycles. The summed E-state index contributed by atoms with van der Waals surface area (Å²) in [5.41, 5.74) is 2.48. The largest absolute Gasteiger partial charge is 0.501 e. The van der Waals surface area contributed by atoms with E-state index in [1.165, 1.54) is 44.3 Å². The van der Waals surface area contributed by atoms with Crippen molar-refractivity contribution in [2.45, 2.75) is 58.8 Å². The number of hydrogen-bond acceptors (Lipinski definition) is 1. The van der Waals surface area contributed by atoms with Gasteiger partial charge < -0.3 is 4.74 Å². The molecule has 0 amide bonds. The summed E-state index contributed by atoms with van der Waals surface area (Å²) < 4.78 is 5.54. The topological polar surface area (TPSA) is 9.23 Å². The molecule has 1 nitrogen and oxygen atoms in total. The van der Waals surface area contributed by atoms with Crippen LogP contribution >= 0.6 is 0 Å². The molecule has 0 saturated heterocycles. The molecule has 0 bridgehead atoms. The molecule has 0 spiro atoms. The van der Waals surface area contributed by atoms with E-state index in [4.69, 9.17) is 4.74 Å². The first-order valence-electron chi connectivity index (χ1n) is 9.60. The Morgan fingerprint density at radius 2 is 2.00 bits per heavy atom. The number of rotatable bonds is 2. The van der Waals surface area contributed by atoms with E-state index in [-0.39, 0.29) is 0 Å². The molecular weight excluding hydrogens is 280 g/mol. The maximum Gasteiger partial charge on any atom is 0.0958 e. The van der Waals surface area contributed by atoms with Crippen LogP contribution in [0.25, 0.3) is 0 Å². The van der Waals surface area contributed by atoms with Gasteiger partial charge in [-0.25, -0.2) is 0 Å². The van der Waals surface area contributed by atoms with Gasteiger partial charge in [-0.1, -0.05) is 26.0 Å². The third kappa shape index (κ3) is 2.04. The van der Waals surface area contributed by atoms with Crippen LogP contribution in [0.5, 0.6) is 0 Å². The van der Waals surface area contributed by atoms with E-state index in [2.05, 4.69) is 38.7 Å². The Kier molecular flexibility index (Phi) is 3.55. The Morgan fingerprint density at radius 3 is 2.74 bits per heavy atom. The smallest absolute Gasteiger partial charge is 0.0958 e. The molecule has 0 aromatic rings. The van der Waals surface area contributed by atoms with Crippen molar-refractivity contribution in [2.24, 2.45) is 34.5 Å². The second-order valence-corrected chi connectivity index (χ2v) is 8.97. The lowest BCUT2D eigenvalue weighted by Crippen LogP contribution is -2.49. The highest BCUT2D eigenvalue weighted by Crippen LogP contribution is 2.66. The molecular formula is C22H32O. The van der Waals surface area contributed by atoms with Gasteiger partial charge in [0.15, 0.2) is 0 Å². The van der Waals surface area contributed by atoms with Gasteiger partial charge >= 0.3 is 0 Å². The van der Waals surface area contributed by atoms with Crippen LogP contribution in [0.1, 0.15) is 58.8 Å². The predicted octanol–water partition coefficient (Wildman–Crippen LogP) is 5.89. The molecule has 4 aliphatic rings. The van der Waals surface area contributed by atoms with Crippen LogP contribution < -0.4 is 0 Å². The molecule has 4 aliphatic carbocycles. The van der Waals surface area contributed by atoms with E-state index in [9.17, 15) is 0 Å². The van der Waals surface area contributed by atoms with Crippen molar-refractivity contribution in [1.82, 2.24) is 0 Å². The van der Waals surface area contributed by atoms with Crippen LogP contribution in [0.3, 0.4) is 0 Å². The van der Waals surface area contributed by atoms with E-state index in [0.29, 0.717) is 10.8 Å². The zero-order valence-electron chi connectivity index (χ0n) is 15.1. The third-order valence-corrected chi connectivity index (χ3v) is 8.35. The zero-order chi connectivity index (χ0) is 16.2. The number of allylic oxidation sites excluding steroid dienone is 5. The second kappa shape index (κ2) is 5.26. The van der Waals surface area contributed by atoms with Gasteiger partial charge in [-0.05, 0) is 84.7 Å². The van der Waals surface area contributed by atoms with Gasteiger partial charge in [0.1, 0.15) is 0 Å². The van der Waals surface area contributed by atoms with Crippen LogP contribution in [-0.4, -0.2) is 7.11 Å². The van der Waals surface area contributed by atoms with Gasteiger partial charge in [0.25, 0.3) is 0 Å². The van der Waals surface area contributed by atoms with Crippen molar-refractivity contribution in [3.63, 3.8) is 0 Å². The predicted molar refractivity (Wildman–Crippen MR) is 95.9 cm³/mol. The van der Waals surface area contributed by atoms with Gasteiger partial charge in [0.05, 0.1) is 12.9 Å². The van der Waals surface area contributed by atoms with Crippen molar-refractivity contribution in [3.8, 4) is 0 Å². The van der Waals surface area contributed by atoms with Crippen LogP contribution in [0, 0.1) is 34.5 Å². The molecule has 0 radical (unpaired) electrons. The van der Waals surface area contributed by atoms with Crippen LogP contribution in [0.15, 0.2) is 36.1 Å². The summed E-state index contributed by atoms with van der Waals surface area (Å²) >= 11 is 0. The van der Waals surface area contributed by atoms with Gasteiger partial charge in [-0.3, -0.25) is 0 Å². The lowest BCUT2D eigenvalue weighted by atomic mass is 9.48. The van der Waals surface area contributed by atoms with Gasteiger partial charge in [-0.15, -0.1) is 6.58 Å². The Balaban J connectivity index is 1.68. The summed E-state index contributed by atoms with van der Waals surface area (Å²) in [6, 6.07) is 0. The summed E-state index contributed by atoms with van der Waals surface area (Å²) in [5, 5.41) is 0. The number of ether oxygens (including phenoxy) is 1. The molecule has 1 heteroatoms. The van der Waals surface area contributed by atoms with E-state index in [1.54, 1.807) is 5.57 Å². The first kappa shape index (κ1) is 15.5. The quantitative estimate of drug-likeness (QED) is 0.577. The molecule has 4 rings (SSSR count). The Bertz CT molecular complexity index is 571. The lowest BCUT2D eigenvalue weighted by Gasteiger charge is -2.57. The summed E-state index contributed by atoms with van der Waals surface area (Å²) in [7, 11) is 1.82. The molecule has 2 fully saturated rings. The normalized spacial score (nSPS) is 48.5. The molecule has 6 atom stereocenters. The summed E-state index contributed by atoms with van der Waals surface area (Å²) in [6.07, 6.45) is 16.5. The summed E-state index contributed by atoms with van der Waals surface area (Å²) in [4.78, 5) is 0. The van der Waals surface area contributed by atoms with Crippen molar-refractivity contribution in [3.05, 3.63) is 36.1 Å². The average molecular weight is 312 g/mol. The number of fused-ring (bicyclic) bond motifs is 5. The minimum atomic E-state index is 0.387. The minimum Gasteiger partial charge on any atom is -0.501 e. The highest BCUT2D eigenvalue weighted by molar-refractivity contribution is 5.35. The van der Waals surface area contributed by atoms with Gasteiger partial charge in [0, 0.05) is 6.42 Å². The first-order chi connectivity index (χ1) is 11.0. The fourth-order valence-electron chi connectivity index (χ4n) is 6.89. The van der Waals surface area contributed by atoms with Gasteiger partial charge in [-0.2, -0.15) is 0 Å². The lowest BCUT2D eigenvalue weighted by molar-refractivity contribution is -0.0303. The molecule has 4 unspecified atom stereocenters. The monoisotopic (exact) mass is 312 g/mol. The Hall–Kier alpha value is -0.980. The van der Waals surface area contributed by atoms with E-state index in [1.807, 2.05) is 7.11 Å². The zero-order valence-corrected chi connectivity index (χ0v) is 15.1. The fraction of sp³-hybridized carbons (Fsp3) is 0.727. The number of hydrogen-bond donors (Lipinski definition) is 0. The van der Waals surface area contributed by atoms with Crippen molar-refractivity contribution in [1.29, 1.82) is 0 Å². The van der Waals surface area contributed by atoms with Crippen molar-refractivity contribution < 1.29 is 4.74 Å². The summed E-state index contributed by atoms with van der Waals surface area (Å²) in [5.74, 6) is 4.61. The minimum absolute atomic E-state index is 0.387. The summed E-state index contributed by atoms with van der Waals surface area (Å²) in [6.45, 7) is 9.26. The average Bonchev–Trinajstić information content (AvgIpc) is 2.90. The standard InChI is InChI=1S/C22H32O/c1-5-15-7-9-19-18-8-6-16-14-17(23-4)10-12-22(16,3)20(18)11-13-21(15,19)2/h5-6,14-15,18-20H,1,7-13H2,2-4H3/t15?,18?,19?,20?,21-,22+/m1/s1. The molecule has 126 valence electrons. The third-order valence-electron chi connectivity index (χ3n) is 8.35. The molecule has 0 N–H and O–H groups in total. The number of methoxy groups -OCH3 is 1. The van der Waals surface area contributed by atoms with Crippen LogP contribution in [0.4, 0.5) is 0 Å². The second-order valence-electron chi connectivity index (χ2n) is 8.97. The first-order valence-corrected chi connectivity index (χ1v) is 9.60. The SMILES string of the molecule is C=CC1CCC2C3CC=C4C=C(OC)CC[C@]4(C)C3CC[C@]12C. The van der Waals surface area contributed by atoms with Crippen molar-refractivity contribution in [2.75, 3.05) is 7.11 Å². The maximum absolute atomic E-state index is 5.54. The van der Waals surface area contributed by atoms with E-state index < -0.39 is 0 Å². The van der Waals surface area contributed by atoms with Crippen LogP contribution in [-0.2, 0) is 4.74 Å². The van der Waals surface area contributed by atoms with Crippen LogP contribution in [0.2, 0.25) is 0 Å². The molecule has 0 aliphatic heterocycles. The van der Waals surface area contributed by atoms with E-state index >= 15 is 0 Å². The molecule has 2 saturated carbocycles. The van der Waals surface area contributed by atoms with E-state index in [0.717, 1.165) is 30.1 Å². The highest BCUT2D eigenvalue weighted by Gasteiger charge is 2.57. The molecule has 0 heterocycles. The van der Waals surface area contributed by atoms with Gasteiger partial charge in [0.2, 0.25) is 0 Å². The highest BCUT2D eigenvalue weighted by atomic mass is 16.5. The maximum atomic E-state index is 5.54.